The van der Waals surface area contributed by atoms with Gasteiger partial charge in [0, 0.05) is 29.6 Å². The number of nitrogens with one attached hydrogen (secondary N) is 1. The van der Waals surface area contributed by atoms with Crippen LogP contribution in [0.3, 0.4) is 0 Å². The van der Waals surface area contributed by atoms with E-state index >= 15 is 0 Å². The molecule has 21 heavy (non-hydrogen) atoms. The normalized spacial score (nSPS) is 21.9. The van der Waals surface area contributed by atoms with Crippen LogP contribution in [0.5, 0.6) is 0 Å². The van der Waals surface area contributed by atoms with Gasteiger partial charge in [-0.1, -0.05) is 13.8 Å². The van der Waals surface area contributed by atoms with Gasteiger partial charge in [0.05, 0.1) is 0 Å². The summed E-state index contributed by atoms with van der Waals surface area (Å²) in [6.45, 7) is 6.45. The smallest absolute Gasteiger partial charge is 0.258 e. The molecule has 1 amide bonds. The summed E-state index contributed by atoms with van der Waals surface area (Å²) in [6, 6.07) is 0.336. The number of rotatable bonds is 3. The molecule has 0 atom stereocenters. The predicted molar refractivity (Wildman–Crippen MR) is 90.4 cm³/mol. The Hall–Kier alpha value is -0.950. The average Bonchev–Trinajstić information content (AvgIpc) is 3.16. The molecule has 2 heterocycles. The summed E-state index contributed by atoms with van der Waals surface area (Å²) < 4.78 is 4.51. The van der Waals surface area contributed by atoms with E-state index in [1.807, 2.05) is 11.8 Å². The molecule has 0 aromatic carbocycles. The van der Waals surface area contributed by atoms with Gasteiger partial charge in [-0.3, -0.25) is 4.79 Å². The van der Waals surface area contributed by atoms with E-state index in [4.69, 9.17) is 5.73 Å². The first-order valence-corrected chi connectivity index (χ1v) is 9.17. The van der Waals surface area contributed by atoms with E-state index in [2.05, 4.69) is 28.4 Å². The Kier molecular flexibility index (Phi) is 4.05. The Morgan fingerprint density at radius 2 is 2.19 bits per heavy atom. The fourth-order valence-corrected chi connectivity index (χ4v) is 4.39. The third kappa shape index (κ3) is 3.45. The maximum atomic E-state index is 12.4. The minimum Gasteiger partial charge on any atom is -0.382 e. The Bertz CT molecular complexity index is 539. The fraction of sp³-hybridized carbons (Fsp3) is 0.714. The Morgan fingerprint density at radius 3 is 2.90 bits per heavy atom. The molecular weight excluding hydrogens is 304 g/mol. The third-order valence-corrected chi connectivity index (χ3v) is 6.26. The van der Waals surface area contributed by atoms with Crippen molar-refractivity contribution in [2.24, 2.45) is 0 Å². The lowest BCUT2D eigenvalue weighted by Gasteiger charge is -2.23. The van der Waals surface area contributed by atoms with E-state index in [-0.39, 0.29) is 5.91 Å². The summed E-state index contributed by atoms with van der Waals surface area (Å²) in [6.07, 6.45) is 3.25. The SMILES string of the molecule is CC1(C)CCN(c2snc(N)c2C(=O)NC2CC2)CCS1. The van der Waals surface area contributed by atoms with E-state index in [9.17, 15) is 4.79 Å². The zero-order chi connectivity index (χ0) is 15.0. The second-order valence-corrected chi connectivity index (χ2v) is 8.89. The predicted octanol–water partition coefficient (Wildman–Crippen LogP) is 2.34. The highest BCUT2D eigenvalue weighted by Gasteiger charge is 2.31. The lowest BCUT2D eigenvalue weighted by atomic mass is 10.1. The molecule has 2 aliphatic rings. The van der Waals surface area contributed by atoms with Gasteiger partial charge < -0.3 is 16.0 Å². The van der Waals surface area contributed by atoms with Crippen molar-refractivity contribution in [2.75, 3.05) is 29.5 Å². The van der Waals surface area contributed by atoms with Gasteiger partial charge in [-0.25, -0.2) is 0 Å². The second-order valence-electron chi connectivity index (χ2n) is 6.34. The molecule has 1 aliphatic carbocycles. The molecule has 1 aromatic rings. The van der Waals surface area contributed by atoms with Gasteiger partial charge in [0.1, 0.15) is 10.6 Å². The van der Waals surface area contributed by atoms with Gasteiger partial charge in [-0.15, -0.1) is 0 Å². The van der Waals surface area contributed by atoms with Crippen molar-refractivity contribution in [3.8, 4) is 0 Å². The van der Waals surface area contributed by atoms with E-state index in [1.54, 1.807) is 0 Å². The first-order valence-electron chi connectivity index (χ1n) is 7.41. The average molecular weight is 326 g/mol. The highest BCUT2D eigenvalue weighted by atomic mass is 32.2. The number of hydrogen-bond acceptors (Lipinski definition) is 6. The van der Waals surface area contributed by atoms with E-state index in [0.717, 1.165) is 43.1 Å². The van der Waals surface area contributed by atoms with Crippen LogP contribution in [-0.2, 0) is 0 Å². The molecule has 1 saturated heterocycles. The lowest BCUT2D eigenvalue weighted by molar-refractivity contribution is 0.0952. The first-order chi connectivity index (χ1) is 9.96. The summed E-state index contributed by atoms with van der Waals surface area (Å²) in [5.41, 5.74) is 6.52. The Balaban J connectivity index is 1.79. The summed E-state index contributed by atoms with van der Waals surface area (Å²) in [4.78, 5) is 14.7. The molecule has 3 N–H and O–H groups in total. The topological polar surface area (TPSA) is 71.2 Å². The monoisotopic (exact) mass is 326 g/mol. The van der Waals surface area contributed by atoms with Gasteiger partial charge in [0.2, 0.25) is 0 Å². The van der Waals surface area contributed by atoms with Crippen LogP contribution < -0.4 is 16.0 Å². The molecular formula is C14H22N4OS2. The lowest BCUT2D eigenvalue weighted by Crippen LogP contribution is -2.31. The molecule has 0 unspecified atom stereocenters. The van der Waals surface area contributed by atoms with Crippen LogP contribution in [0.15, 0.2) is 0 Å². The van der Waals surface area contributed by atoms with Crippen molar-refractivity contribution < 1.29 is 4.79 Å². The molecule has 1 aromatic heterocycles. The molecule has 5 nitrogen and oxygen atoms in total. The van der Waals surface area contributed by atoms with Crippen molar-refractivity contribution in [1.29, 1.82) is 0 Å². The number of nitrogen functional groups attached to an aromatic ring is 1. The molecule has 0 radical (unpaired) electrons. The first kappa shape index (κ1) is 15.0. The fourth-order valence-electron chi connectivity index (χ4n) is 2.43. The number of amides is 1. The van der Waals surface area contributed by atoms with Crippen LogP contribution in [0.2, 0.25) is 0 Å². The van der Waals surface area contributed by atoms with Crippen molar-refractivity contribution in [2.45, 2.75) is 43.9 Å². The molecule has 7 heteroatoms. The molecule has 1 saturated carbocycles. The van der Waals surface area contributed by atoms with E-state index in [1.165, 1.54) is 11.5 Å². The molecule has 3 rings (SSSR count). The third-order valence-electron chi connectivity index (χ3n) is 3.97. The Labute approximate surface area is 133 Å². The highest BCUT2D eigenvalue weighted by Crippen LogP contribution is 2.36. The van der Waals surface area contributed by atoms with Gasteiger partial charge >= 0.3 is 0 Å². The quantitative estimate of drug-likeness (QED) is 0.892. The number of thioether (sulfide) groups is 1. The maximum absolute atomic E-state index is 12.4. The van der Waals surface area contributed by atoms with Crippen LogP contribution in [0.25, 0.3) is 0 Å². The van der Waals surface area contributed by atoms with Gasteiger partial charge in [-0.05, 0) is 30.8 Å². The molecule has 2 fully saturated rings. The van der Waals surface area contributed by atoms with Crippen LogP contribution in [-0.4, -0.2) is 39.9 Å². The summed E-state index contributed by atoms with van der Waals surface area (Å²) in [5, 5.41) is 3.96. The summed E-state index contributed by atoms with van der Waals surface area (Å²) in [5.74, 6) is 1.37. The van der Waals surface area contributed by atoms with Crippen LogP contribution >= 0.6 is 23.3 Å². The van der Waals surface area contributed by atoms with Crippen molar-refractivity contribution in [3.05, 3.63) is 5.56 Å². The second kappa shape index (κ2) is 5.68. The Morgan fingerprint density at radius 1 is 1.43 bits per heavy atom. The number of hydrogen-bond donors (Lipinski definition) is 2. The number of carbonyl (C=O) groups is 1. The minimum atomic E-state index is -0.0603. The van der Waals surface area contributed by atoms with Gasteiger partial charge in [0.25, 0.3) is 5.91 Å². The standard InChI is InChI=1S/C14H22N4OS2/c1-14(2)5-6-18(7-8-20-14)13-10(11(15)17-21-13)12(19)16-9-3-4-9/h9H,3-8H2,1-2H3,(H2,15,17)(H,16,19). The number of anilines is 2. The molecule has 0 bridgehead atoms. The maximum Gasteiger partial charge on any atom is 0.258 e. The van der Waals surface area contributed by atoms with Crippen LogP contribution in [0, 0.1) is 0 Å². The van der Waals surface area contributed by atoms with E-state index < -0.39 is 0 Å². The molecule has 0 spiro atoms. The number of nitrogens with zero attached hydrogens (tertiary/aromatic N) is 2. The largest absolute Gasteiger partial charge is 0.382 e. The van der Waals surface area contributed by atoms with Gasteiger partial charge in [-0.2, -0.15) is 16.1 Å². The van der Waals surface area contributed by atoms with Crippen LogP contribution in [0.1, 0.15) is 43.5 Å². The summed E-state index contributed by atoms with van der Waals surface area (Å²) in [7, 11) is 0. The zero-order valence-electron chi connectivity index (χ0n) is 12.5. The van der Waals surface area contributed by atoms with E-state index in [0.29, 0.717) is 22.2 Å². The van der Waals surface area contributed by atoms with Gasteiger partial charge in [0.15, 0.2) is 5.82 Å². The zero-order valence-corrected chi connectivity index (χ0v) is 14.1. The highest BCUT2D eigenvalue weighted by molar-refractivity contribution is 8.00. The van der Waals surface area contributed by atoms with Crippen LogP contribution in [0.4, 0.5) is 10.8 Å². The van der Waals surface area contributed by atoms with Crippen molar-refractivity contribution >= 4 is 40.0 Å². The number of carbonyl (C=O) groups excluding carboxylic acids is 1. The number of aromatic nitrogens is 1. The minimum absolute atomic E-state index is 0.0603. The number of nitrogens with two attached hydrogens (primary N) is 1. The summed E-state index contributed by atoms with van der Waals surface area (Å²) >= 11 is 3.34. The van der Waals surface area contributed by atoms with Crippen molar-refractivity contribution in [3.63, 3.8) is 0 Å². The molecule has 116 valence electrons. The van der Waals surface area contributed by atoms with Crippen molar-refractivity contribution in [1.82, 2.24) is 9.69 Å². The molecule has 1 aliphatic heterocycles.